The lowest BCUT2D eigenvalue weighted by Gasteiger charge is -2.07. The predicted octanol–water partition coefficient (Wildman–Crippen LogP) is 3.17. The second kappa shape index (κ2) is 6.46. The van der Waals surface area contributed by atoms with E-state index in [2.05, 4.69) is 26.4 Å². The number of H-pyrrole nitrogens is 1. The van der Waals surface area contributed by atoms with Crippen LogP contribution in [0.15, 0.2) is 52.2 Å². The molecule has 0 radical (unpaired) electrons. The summed E-state index contributed by atoms with van der Waals surface area (Å²) in [6, 6.07) is 5.91. The molecule has 8 nitrogen and oxygen atoms in total. The number of nitrogens with one attached hydrogen (secondary N) is 1. The van der Waals surface area contributed by atoms with Crippen LogP contribution >= 0.6 is 11.3 Å². The molecule has 1 aliphatic rings. The van der Waals surface area contributed by atoms with Gasteiger partial charge in [0.25, 0.3) is 5.56 Å². The maximum absolute atomic E-state index is 13.3. The smallest absolute Gasteiger partial charge is 0.291 e. The molecule has 148 valence electrons. The summed E-state index contributed by atoms with van der Waals surface area (Å²) in [7, 11) is 1.89. The van der Waals surface area contributed by atoms with Gasteiger partial charge in [-0.05, 0) is 11.6 Å². The van der Waals surface area contributed by atoms with Gasteiger partial charge in [0.05, 0.1) is 29.2 Å². The first-order valence-electron chi connectivity index (χ1n) is 9.65. The van der Waals surface area contributed by atoms with E-state index >= 15 is 0 Å². The van der Waals surface area contributed by atoms with Gasteiger partial charge in [-0.25, -0.2) is 9.67 Å². The molecule has 0 bridgehead atoms. The standard InChI is InChI=1S/C21H17N7OS/c1-27-18-15(19-20(27)25-17(30-19)8-13-5-3-7-22-13)10-24-28(21(18)29)11-12-4-2-6-16-14(12)9-23-26-16/h2,4-7,9-10H,3,8,11H2,1H3,(H,23,26). The maximum atomic E-state index is 13.3. The van der Waals surface area contributed by atoms with Crippen LogP contribution in [0.3, 0.4) is 0 Å². The van der Waals surface area contributed by atoms with Gasteiger partial charge >= 0.3 is 0 Å². The quantitative estimate of drug-likeness (QED) is 0.488. The lowest BCUT2D eigenvalue weighted by Crippen LogP contribution is -2.24. The minimum Gasteiger partial charge on any atom is -0.323 e. The molecule has 0 spiro atoms. The van der Waals surface area contributed by atoms with Crippen molar-refractivity contribution in [3.05, 3.63) is 63.3 Å². The Balaban J connectivity index is 1.44. The topological polar surface area (TPSA) is 93.8 Å². The molecule has 0 saturated carbocycles. The molecule has 0 fully saturated rings. The highest BCUT2D eigenvalue weighted by molar-refractivity contribution is 7.19. The zero-order valence-electron chi connectivity index (χ0n) is 16.2. The zero-order valence-corrected chi connectivity index (χ0v) is 17.0. The van der Waals surface area contributed by atoms with Gasteiger partial charge in [0.2, 0.25) is 0 Å². The van der Waals surface area contributed by atoms with Crippen molar-refractivity contribution in [2.24, 2.45) is 12.0 Å². The van der Waals surface area contributed by atoms with Crippen LogP contribution in [0.5, 0.6) is 0 Å². The second-order valence-electron chi connectivity index (χ2n) is 7.36. The fraction of sp³-hybridized carbons (Fsp3) is 0.190. The van der Waals surface area contributed by atoms with Crippen molar-refractivity contribution in [2.45, 2.75) is 19.4 Å². The second-order valence-corrected chi connectivity index (χ2v) is 8.44. The van der Waals surface area contributed by atoms with E-state index in [1.807, 2.05) is 36.0 Å². The molecular weight excluding hydrogens is 398 g/mol. The molecule has 30 heavy (non-hydrogen) atoms. The number of hydrogen-bond donors (Lipinski definition) is 1. The van der Waals surface area contributed by atoms with Gasteiger partial charge in [-0.1, -0.05) is 18.2 Å². The van der Waals surface area contributed by atoms with Gasteiger partial charge in [-0.3, -0.25) is 14.9 Å². The molecule has 0 atom stereocenters. The number of aromatic amines is 1. The van der Waals surface area contributed by atoms with E-state index in [0.717, 1.165) is 55.7 Å². The number of fused-ring (bicyclic) bond motifs is 4. The zero-order chi connectivity index (χ0) is 20.2. The first-order valence-corrected chi connectivity index (χ1v) is 10.5. The monoisotopic (exact) mass is 415 g/mol. The fourth-order valence-electron chi connectivity index (χ4n) is 4.03. The van der Waals surface area contributed by atoms with Crippen LogP contribution in [0.4, 0.5) is 0 Å². The molecular formula is C21H17N7OS. The van der Waals surface area contributed by atoms with Crippen molar-refractivity contribution in [1.82, 2.24) is 29.5 Å². The number of hydrogen-bond acceptors (Lipinski definition) is 6. The number of aryl methyl sites for hydroxylation is 1. The van der Waals surface area contributed by atoms with Crippen molar-refractivity contribution in [3.63, 3.8) is 0 Å². The van der Waals surface area contributed by atoms with Crippen LogP contribution < -0.4 is 5.56 Å². The highest BCUT2D eigenvalue weighted by Gasteiger charge is 2.19. The summed E-state index contributed by atoms with van der Waals surface area (Å²) in [5.74, 6) is 0. The minimum atomic E-state index is -0.120. The number of rotatable bonds is 4. The average Bonchev–Trinajstić information content (AvgIpc) is 3.52. The molecule has 6 rings (SSSR count). The molecule has 1 aliphatic heterocycles. The summed E-state index contributed by atoms with van der Waals surface area (Å²) < 4.78 is 4.39. The number of nitrogens with zero attached hydrogens (tertiary/aromatic N) is 6. The Bertz CT molecular complexity index is 1560. The van der Waals surface area contributed by atoms with E-state index in [1.165, 1.54) is 4.68 Å². The molecule has 0 aliphatic carbocycles. The summed E-state index contributed by atoms with van der Waals surface area (Å²) in [6.45, 7) is 0.384. The maximum Gasteiger partial charge on any atom is 0.291 e. The summed E-state index contributed by atoms with van der Waals surface area (Å²) in [4.78, 5) is 22.4. The van der Waals surface area contributed by atoms with Gasteiger partial charge in [0.1, 0.15) is 10.5 Å². The van der Waals surface area contributed by atoms with Gasteiger partial charge in [0.15, 0.2) is 5.65 Å². The van der Waals surface area contributed by atoms with Crippen molar-refractivity contribution in [1.29, 1.82) is 0 Å². The number of aliphatic imine (C=N–C) groups is 1. The molecule has 0 saturated heterocycles. The third-order valence-electron chi connectivity index (χ3n) is 5.51. The third-order valence-corrected chi connectivity index (χ3v) is 6.59. The Kier molecular flexibility index (Phi) is 3.72. The average molecular weight is 415 g/mol. The normalized spacial score (nSPS) is 13.8. The Hall–Kier alpha value is -3.59. The highest BCUT2D eigenvalue weighted by atomic mass is 32.1. The fourth-order valence-corrected chi connectivity index (χ4v) is 5.15. The summed E-state index contributed by atoms with van der Waals surface area (Å²) in [5.41, 5.74) is 4.32. The van der Waals surface area contributed by atoms with E-state index in [-0.39, 0.29) is 5.56 Å². The van der Waals surface area contributed by atoms with E-state index in [9.17, 15) is 4.79 Å². The highest BCUT2D eigenvalue weighted by Crippen LogP contribution is 2.32. The Labute approximate surface area is 174 Å². The van der Waals surface area contributed by atoms with Crippen molar-refractivity contribution < 1.29 is 0 Å². The number of benzene rings is 1. The van der Waals surface area contributed by atoms with Crippen LogP contribution in [0, 0.1) is 0 Å². The first kappa shape index (κ1) is 17.3. The third kappa shape index (κ3) is 2.55. The summed E-state index contributed by atoms with van der Waals surface area (Å²) in [6.07, 6.45) is 9.20. The van der Waals surface area contributed by atoms with E-state index in [0.29, 0.717) is 12.1 Å². The van der Waals surface area contributed by atoms with Crippen LogP contribution in [-0.2, 0) is 20.0 Å². The van der Waals surface area contributed by atoms with Gasteiger partial charge in [-0.15, -0.1) is 11.3 Å². The molecule has 1 aromatic carbocycles. The first-order chi connectivity index (χ1) is 14.7. The Morgan fingerprint density at radius 1 is 1.23 bits per heavy atom. The molecule has 5 aromatic rings. The largest absolute Gasteiger partial charge is 0.323 e. The summed E-state index contributed by atoms with van der Waals surface area (Å²) >= 11 is 1.61. The van der Waals surface area contributed by atoms with Gasteiger partial charge in [0, 0.05) is 42.6 Å². The summed E-state index contributed by atoms with van der Waals surface area (Å²) in [5, 5.41) is 14.4. The van der Waals surface area contributed by atoms with Gasteiger partial charge in [-0.2, -0.15) is 10.2 Å². The van der Waals surface area contributed by atoms with E-state index in [4.69, 9.17) is 4.98 Å². The minimum absolute atomic E-state index is 0.120. The van der Waals surface area contributed by atoms with Crippen molar-refractivity contribution >= 4 is 49.7 Å². The van der Waals surface area contributed by atoms with Crippen LogP contribution in [0.2, 0.25) is 0 Å². The number of thiazole rings is 1. The predicted molar refractivity (Wildman–Crippen MR) is 118 cm³/mol. The molecule has 0 amide bonds. The van der Waals surface area contributed by atoms with E-state index in [1.54, 1.807) is 23.7 Å². The number of aromatic nitrogens is 6. The molecule has 1 N–H and O–H groups in total. The van der Waals surface area contributed by atoms with Crippen LogP contribution in [0.1, 0.15) is 17.0 Å². The van der Waals surface area contributed by atoms with Gasteiger partial charge < -0.3 is 4.57 Å². The molecule has 0 unspecified atom stereocenters. The Morgan fingerprint density at radius 2 is 2.17 bits per heavy atom. The van der Waals surface area contributed by atoms with Crippen molar-refractivity contribution in [2.75, 3.05) is 0 Å². The van der Waals surface area contributed by atoms with Crippen LogP contribution in [-0.4, -0.2) is 35.7 Å². The Morgan fingerprint density at radius 3 is 3.03 bits per heavy atom. The van der Waals surface area contributed by atoms with Crippen molar-refractivity contribution in [3.8, 4) is 0 Å². The number of allylic oxidation sites excluding steroid dienone is 2. The molecule has 4 aromatic heterocycles. The van der Waals surface area contributed by atoms with E-state index < -0.39 is 0 Å². The van der Waals surface area contributed by atoms with Crippen LogP contribution in [0.25, 0.3) is 32.2 Å². The molecule has 9 heteroatoms. The lowest BCUT2D eigenvalue weighted by atomic mass is 10.1. The SMILES string of the molecule is Cn1c2nc(CC3=CCC=N3)sc2c2cnn(Cc3cccc4[nH]ncc34)c(=O)c21. The molecule has 5 heterocycles. The lowest BCUT2D eigenvalue weighted by molar-refractivity contribution is 0.647.